The van der Waals surface area contributed by atoms with Gasteiger partial charge in [-0.3, -0.25) is 19.6 Å². The van der Waals surface area contributed by atoms with Crippen LogP contribution in [-0.2, 0) is 38.2 Å². The Hall–Kier alpha value is -3.09. The first-order chi connectivity index (χ1) is 21.3. The molecular formula is C34H48O11. The highest BCUT2D eigenvalue weighted by atomic mass is 17.1. The van der Waals surface area contributed by atoms with Gasteiger partial charge in [0.05, 0.1) is 17.6 Å². The van der Waals surface area contributed by atoms with Crippen LogP contribution in [0.3, 0.4) is 0 Å². The summed E-state index contributed by atoms with van der Waals surface area (Å²) in [6.45, 7) is 15.7. The fourth-order valence-electron chi connectivity index (χ4n) is 7.22. The first kappa shape index (κ1) is 36.4. The zero-order valence-electron chi connectivity index (χ0n) is 26.8. The summed E-state index contributed by atoms with van der Waals surface area (Å²) in [7, 11) is 0. The quantitative estimate of drug-likeness (QED) is 0.0356. The van der Waals surface area contributed by atoms with Crippen molar-refractivity contribution in [2.45, 2.75) is 110 Å². The van der Waals surface area contributed by atoms with Crippen LogP contribution in [0.1, 0.15) is 73.1 Å². The molecule has 3 rings (SSSR count). The lowest BCUT2D eigenvalue weighted by Gasteiger charge is -2.62. The van der Waals surface area contributed by atoms with Gasteiger partial charge >= 0.3 is 17.9 Å². The Labute approximate surface area is 265 Å². The normalized spacial score (nSPS) is 34.8. The van der Waals surface area contributed by atoms with Crippen LogP contribution in [0.5, 0.6) is 0 Å². The highest BCUT2D eigenvalue weighted by Gasteiger charge is 2.73. The van der Waals surface area contributed by atoms with E-state index in [-0.39, 0.29) is 18.4 Å². The monoisotopic (exact) mass is 632 g/mol. The maximum Gasteiger partial charge on any atom is 0.331 e. The van der Waals surface area contributed by atoms with Crippen LogP contribution in [0.15, 0.2) is 60.8 Å². The summed E-state index contributed by atoms with van der Waals surface area (Å²) < 4.78 is 22.9. The average Bonchev–Trinajstić information content (AvgIpc) is 3.28. The van der Waals surface area contributed by atoms with E-state index in [1.165, 1.54) is 32.1 Å². The maximum absolute atomic E-state index is 12.9. The molecule has 3 N–H and O–H groups in total. The Morgan fingerprint density at radius 1 is 1.13 bits per heavy atom. The third-order valence-corrected chi connectivity index (χ3v) is 9.66. The van der Waals surface area contributed by atoms with E-state index in [0.29, 0.717) is 5.57 Å². The van der Waals surface area contributed by atoms with Crippen molar-refractivity contribution in [1.29, 1.82) is 0 Å². The smallest absolute Gasteiger partial charge is 0.331 e. The fourth-order valence-corrected chi connectivity index (χ4v) is 7.22. The molecule has 11 heteroatoms. The van der Waals surface area contributed by atoms with Crippen molar-refractivity contribution in [3.05, 3.63) is 60.8 Å². The number of carbonyl (C=O) groups is 3. The van der Waals surface area contributed by atoms with Gasteiger partial charge in [-0.2, -0.15) is 0 Å². The van der Waals surface area contributed by atoms with E-state index in [1.54, 1.807) is 19.1 Å². The summed E-state index contributed by atoms with van der Waals surface area (Å²) in [6, 6.07) is 0. The van der Waals surface area contributed by atoms with Crippen LogP contribution in [0.4, 0.5) is 0 Å². The van der Waals surface area contributed by atoms with Gasteiger partial charge in [0.15, 0.2) is 0 Å². The number of carbonyl (C=O) groups excluding carboxylic acids is 3. The summed E-state index contributed by atoms with van der Waals surface area (Å²) in [4.78, 5) is 42.2. The lowest BCUT2D eigenvalue weighted by Crippen LogP contribution is -2.68. The largest absolute Gasteiger partial charge is 0.455 e. The standard InChI is InChI=1S/C34H48O11/c1-8-10-11-12-13-14-15-16-28(37)43-24-17-25-31(41-22(5)35)44-32(42-23(6)36)34(25)27(18-24)33(7,21(4)29(38)30(34)39)19-26(45-40)20(3)9-2/h9,13-17,21,24,26-27,29-32,38-40H,2-3,8,10-12,18-19H2,1,4-7H3/b14-13+,16-15-/t21-,24-,26-,27-,29-,30?,31-,32+,33-,34-/m1/s1. The first-order valence-electron chi connectivity index (χ1n) is 15.5. The van der Waals surface area contributed by atoms with Gasteiger partial charge in [0.2, 0.25) is 12.6 Å². The molecule has 1 heterocycles. The van der Waals surface area contributed by atoms with Crippen LogP contribution in [0, 0.1) is 22.7 Å². The molecule has 11 nitrogen and oxygen atoms in total. The second kappa shape index (κ2) is 15.5. The highest BCUT2D eigenvalue weighted by molar-refractivity contribution is 5.82. The number of esters is 3. The number of aliphatic hydroxyl groups is 2. The van der Waals surface area contributed by atoms with E-state index < -0.39 is 77.6 Å². The Morgan fingerprint density at radius 2 is 1.82 bits per heavy atom. The molecule has 1 spiro atoms. The van der Waals surface area contributed by atoms with Gasteiger partial charge in [0.25, 0.3) is 0 Å². The van der Waals surface area contributed by atoms with E-state index in [2.05, 4.69) is 20.1 Å². The summed E-state index contributed by atoms with van der Waals surface area (Å²) in [6.07, 6.45) is 6.37. The van der Waals surface area contributed by atoms with Crippen molar-refractivity contribution in [1.82, 2.24) is 0 Å². The van der Waals surface area contributed by atoms with Crippen molar-refractivity contribution in [3.8, 4) is 0 Å². The Balaban J connectivity index is 2.12. The minimum Gasteiger partial charge on any atom is -0.455 e. The van der Waals surface area contributed by atoms with E-state index in [9.17, 15) is 29.9 Å². The first-order valence-corrected chi connectivity index (χ1v) is 15.5. The van der Waals surface area contributed by atoms with Crippen molar-refractivity contribution >= 4 is 17.9 Å². The Bertz CT molecular complexity index is 1200. The topological polar surface area (TPSA) is 158 Å². The lowest BCUT2D eigenvalue weighted by molar-refractivity contribution is -0.297. The van der Waals surface area contributed by atoms with Crippen LogP contribution < -0.4 is 0 Å². The minimum atomic E-state index is -1.62. The molecule has 3 aliphatic rings. The van der Waals surface area contributed by atoms with Crippen LogP contribution >= 0.6 is 0 Å². The predicted octanol–water partition coefficient (Wildman–Crippen LogP) is 4.70. The minimum absolute atomic E-state index is 0.0768. The van der Waals surface area contributed by atoms with E-state index in [0.717, 1.165) is 25.7 Å². The zero-order chi connectivity index (χ0) is 33.5. The number of hydrogen-bond acceptors (Lipinski definition) is 11. The summed E-state index contributed by atoms with van der Waals surface area (Å²) in [5.74, 6) is -3.42. The molecule has 0 aromatic rings. The van der Waals surface area contributed by atoms with Gasteiger partial charge in [-0.15, -0.1) is 0 Å². The van der Waals surface area contributed by atoms with Crippen molar-refractivity contribution in [3.63, 3.8) is 0 Å². The van der Waals surface area contributed by atoms with Crippen LogP contribution in [0.25, 0.3) is 0 Å². The Kier molecular flexibility index (Phi) is 12.5. The molecule has 2 fully saturated rings. The molecule has 1 aliphatic heterocycles. The van der Waals surface area contributed by atoms with Crippen LogP contribution in [0.2, 0.25) is 0 Å². The molecule has 250 valence electrons. The molecule has 10 atom stereocenters. The van der Waals surface area contributed by atoms with Crippen molar-refractivity contribution in [2.24, 2.45) is 22.7 Å². The fraction of sp³-hybridized carbons (Fsp3) is 0.618. The van der Waals surface area contributed by atoms with Gasteiger partial charge in [0.1, 0.15) is 12.2 Å². The number of ether oxygens (including phenoxy) is 4. The maximum atomic E-state index is 12.9. The summed E-state index contributed by atoms with van der Waals surface area (Å²) in [5.41, 5.74) is -2.06. The molecule has 0 bridgehead atoms. The summed E-state index contributed by atoms with van der Waals surface area (Å²) >= 11 is 0. The van der Waals surface area contributed by atoms with Gasteiger partial charge in [-0.05, 0) is 54.6 Å². The third-order valence-electron chi connectivity index (χ3n) is 9.66. The molecular weight excluding hydrogens is 584 g/mol. The van der Waals surface area contributed by atoms with Crippen molar-refractivity contribution < 1.29 is 53.7 Å². The molecule has 2 aliphatic carbocycles. The highest BCUT2D eigenvalue weighted by Crippen LogP contribution is 2.67. The number of hydrogen-bond donors (Lipinski definition) is 3. The number of allylic oxidation sites excluding steroid dienone is 3. The van der Waals surface area contributed by atoms with Gasteiger partial charge in [0, 0.05) is 25.5 Å². The Morgan fingerprint density at radius 3 is 2.42 bits per heavy atom. The number of rotatable bonds is 14. The van der Waals surface area contributed by atoms with Crippen molar-refractivity contribution in [2.75, 3.05) is 0 Å². The average molecular weight is 633 g/mol. The molecule has 1 saturated heterocycles. The molecule has 0 aromatic carbocycles. The van der Waals surface area contributed by atoms with Gasteiger partial charge < -0.3 is 24.4 Å². The lowest BCUT2D eigenvalue weighted by atomic mass is 9.44. The predicted molar refractivity (Wildman–Crippen MR) is 164 cm³/mol. The molecule has 0 amide bonds. The molecule has 1 saturated carbocycles. The van der Waals surface area contributed by atoms with Crippen LogP contribution in [-0.4, -0.2) is 70.4 Å². The van der Waals surface area contributed by atoms with E-state index >= 15 is 0 Å². The molecule has 45 heavy (non-hydrogen) atoms. The summed E-state index contributed by atoms with van der Waals surface area (Å²) in [5, 5.41) is 33.2. The third kappa shape index (κ3) is 7.49. The molecule has 0 aromatic heterocycles. The molecule has 1 unspecified atom stereocenters. The number of unbranched alkanes of at least 4 members (excludes halogenated alkanes) is 3. The SMILES string of the molecule is C=CC(=C)[C@@H](C[C@]1(C)[C@H](C)[C@@H](O)C(O)[C@@]23C(=C[C@@H](OC(=O)/C=C\C=C\CCCCC)C[C@H]12)[C@H](OC(C)=O)O[C@@H]3OC(C)=O)OO. The second-order valence-electron chi connectivity index (χ2n) is 12.4. The van der Waals surface area contributed by atoms with Gasteiger partial charge in [-0.25, -0.2) is 9.68 Å². The van der Waals surface area contributed by atoms with E-state index in [1.807, 2.05) is 13.0 Å². The number of aliphatic hydroxyl groups excluding tert-OH is 2. The second-order valence-corrected chi connectivity index (χ2v) is 12.4. The zero-order valence-corrected chi connectivity index (χ0v) is 26.8. The van der Waals surface area contributed by atoms with Gasteiger partial charge in [-0.1, -0.05) is 71.1 Å². The van der Waals surface area contributed by atoms with E-state index in [4.69, 9.17) is 23.8 Å². The molecule has 0 radical (unpaired) electrons.